The Balaban J connectivity index is 1.77. The Kier molecular flexibility index (Phi) is 6.40. The maximum atomic E-state index is 13.8. The predicted molar refractivity (Wildman–Crippen MR) is 129 cm³/mol. The van der Waals surface area contributed by atoms with Crippen LogP contribution in [0.15, 0.2) is 66.7 Å². The number of hydrogen-bond acceptors (Lipinski definition) is 5. The third-order valence-corrected chi connectivity index (χ3v) is 6.25. The fraction of sp³-hybridized carbons (Fsp3) is 0.250. The fourth-order valence-electron chi connectivity index (χ4n) is 4.47. The van der Waals surface area contributed by atoms with E-state index in [1.54, 1.807) is 24.3 Å². The number of hydrogen-bond donors (Lipinski definition) is 1. The molecule has 0 radical (unpaired) electrons. The number of rotatable bonds is 7. The molecule has 1 aliphatic carbocycles. The van der Waals surface area contributed by atoms with Crippen molar-refractivity contribution in [3.8, 4) is 23.0 Å². The van der Waals surface area contributed by atoms with Gasteiger partial charge in [-0.15, -0.1) is 0 Å². The van der Waals surface area contributed by atoms with Crippen LogP contribution in [0.5, 0.6) is 23.0 Å². The second-order valence-electron chi connectivity index (χ2n) is 8.26. The predicted octanol–water partition coefficient (Wildman–Crippen LogP) is 5.80. The van der Waals surface area contributed by atoms with Crippen molar-refractivity contribution in [2.24, 2.45) is 5.92 Å². The smallest absolute Gasteiger partial charge is 0.203 e. The number of carbonyl (C=O) groups is 1. The molecule has 0 bridgehead atoms. The molecule has 1 N–H and O–H groups in total. The number of ether oxygens (including phenoxy) is 3. The van der Waals surface area contributed by atoms with Gasteiger partial charge in [-0.1, -0.05) is 48.0 Å². The van der Waals surface area contributed by atoms with E-state index in [1.807, 2.05) is 12.1 Å². The number of allylic oxidation sites excluding steroid dienone is 2. The molecule has 5 heteroatoms. The number of phenolic OH excluding ortho intramolecular Hbond substituents is 1. The average Bonchev–Trinajstić information content (AvgIpc) is 3.28. The molecule has 170 valence electrons. The highest BCUT2D eigenvalue weighted by Crippen LogP contribution is 2.46. The quantitative estimate of drug-likeness (QED) is 0.467. The summed E-state index contributed by atoms with van der Waals surface area (Å²) in [6.07, 6.45) is 2.81. The van der Waals surface area contributed by atoms with Gasteiger partial charge in [0.1, 0.15) is 5.75 Å². The van der Waals surface area contributed by atoms with Crippen molar-refractivity contribution < 1.29 is 24.1 Å². The highest BCUT2D eigenvalue weighted by molar-refractivity contribution is 6.02. The first kappa shape index (κ1) is 22.5. The van der Waals surface area contributed by atoms with Gasteiger partial charge >= 0.3 is 0 Å². The number of methoxy groups -OCH3 is 3. The molecule has 0 aliphatic heterocycles. The van der Waals surface area contributed by atoms with Crippen LogP contribution < -0.4 is 14.2 Å². The monoisotopic (exact) mass is 444 g/mol. The first-order valence-corrected chi connectivity index (χ1v) is 10.9. The molecule has 0 aromatic heterocycles. The number of benzene rings is 3. The lowest BCUT2D eigenvalue weighted by molar-refractivity contribution is 0.0934. The van der Waals surface area contributed by atoms with Crippen LogP contribution in [0.4, 0.5) is 0 Å². The Hall–Kier alpha value is -3.73. The summed E-state index contributed by atoms with van der Waals surface area (Å²) >= 11 is 0. The van der Waals surface area contributed by atoms with Crippen LogP contribution in [0.25, 0.3) is 5.57 Å². The molecule has 0 saturated heterocycles. The lowest BCUT2D eigenvalue weighted by Gasteiger charge is -2.20. The average molecular weight is 445 g/mol. The summed E-state index contributed by atoms with van der Waals surface area (Å²) in [6.45, 7) is 2.06. The van der Waals surface area contributed by atoms with Crippen LogP contribution in [-0.4, -0.2) is 32.2 Å². The van der Waals surface area contributed by atoms with Crippen molar-refractivity contribution in [3.63, 3.8) is 0 Å². The maximum absolute atomic E-state index is 13.8. The van der Waals surface area contributed by atoms with E-state index in [-0.39, 0.29) is 23.4 Å². The second-order valence-corrected chi connectivity index (χ2v) is 8.26. The summed E-state index contributed by atoms with van der Waals surface area (Å²) in [5.41, 5.74) is 4.96. The minimum atomic E-state index is -0.367. The van der Waals surface area contributed by atoms with Crippen LogP contribution in [0.1, 0.15) is 39.4 Å². The Morgan fingerprint density at radius 1 is 0.879 bits per heavy atom. The molecule has 2 unspecified atom stereocenters. The fourth-order valence-corrected chi connectivity index (χ4v) is 4.47. The second kappa shape index (κ2) is 9.41. The standard InChI is InChI=1S/C28H28O5/c1-17-5-7-18(8-6-17)20-13-23(19-9-11-22(29)12-10-19)24(14-20)27(30)21-15-25(31-2)28(33-4)26(16-21)32-3/h5-12,14-16,23-24,29H,13H2,1-4H3. The highest BCUT2D eigenvalue weighted by atomic mass is 16.5. The molecule has 0 amide bonds. The Morgan fingerprint density at radius 2 is 1.48 bits per heavy atom. The maximum Gasteiger partial charge on any atom is 0.203 e. The van der Waals surface area contributed by atoms with Gasteiger partial charge < -0.3 is 19.3 Å². The van der Waals surface area contributed by atoms with Crippen LogP contribution in [0.3, 0.4) is 0 Å². The van der Waals surface area contributed by atoms with Gasteiger partial charge in [0, 0.05) is 17.4 Å². The SMILES string of the molecule is COc1cc(C(=O)C2C=C(c3ccc(C)cc3)CC2c2ccc(O)cc2)cc(OC)c1OC. The number of aryl methyl sites for hydroxylation is 1. The number of aromatic hydroxyl groups is 1. The summed E-state index contributed by atoms with van der Waals surface area (Å²) in [5.74, 6) is 1.12. The largest absolute Gasteiger partial charge is 0.508 e. The Bertz CT molecular complexity index is 1150. The zero-order valence-electron chi connectivity index (χ0n) is 19.3. The number of Topliss-reactive ketones (excluding diaryl/α,β-unsaturated/α-hetero) is 1. The number of phenols is 1. The lowest BCUT2D eigenvalue weighted by Crippen LogP contribution is -2.18. The summed E-state index contributed by atoms with van der Waals surface area (Å²) < 4.78 is 16.3. The van der Waals surface area contributed by atoms with Gasteiger partial charge in [-0.3, -0.25) is 4.79 Å². The van der Waals surface area contributed by atoms with Crippen molar-refractivity contribution in [1.29, 1.82) is 0 Å². The Labute approximate surface area is 194 Å². The van der Waals surface area contributed by atoms with Crippen molar-refractivity contribution >= 4 is 11.4 Å². The third kappa shape index (κ3) is 4.44. The van der Waals surface area contributed by atoms with Gasteiger partial charge in [-0.25, -0.2) is 0 Å². The zero-order chi connectivity index (χ0) is 23.5. The van der Waals surface area contributed by atoms with Gasteiger partial charge in [0.15, 0.2) is 17.3 Å². The van der Waals surface area contributed by atoms with Gasteiger partial charge in [-0.2, -0.15) is 0 Å². The Morgan fingerprint density at radius 3 is 2.03 bits per heavy atom. The summed E-state index contributed by atoms with van der Waals surface area (Å²) in [7, 11) is 4.61. The van der Waals surface area contributed by atoms with Crippen molar-refractivity contribution in [2.75, 3.05) is 21.3 Å². The van der Waals surface area contributed by atoms with E-state index in [0.717, 1.165) is 23.1 Å². The minimum Gasteiger partial charge on any atom is -0.508 e. The molecular formula is C28H28O5. The normalized spacial score (nSPS) is 17.4. The third-order valence-electron chi connectivity index (χ3n) is 6.25. The van der Waals surface area contributed by atoms with Crippen LogP contribution in [-0.2, 0) is 0 Å². The van der Waals surface area contributed by atoms with Crippen molar-refractivity contribution in [1.82, 2.24) is 0 Å². The van der Waals surface area contributed by atoms with Crippen LogP contribution in [0.2, 0.25) is 0 Å². The number of ketones is 1. The molecule has 0 saturated carbocycles. The summed E-state index contributed by atoms with van der Waals surface area (Å²) in [4.78, 5) is 13.8. The van der Waals surface area contributed by atoms with Gasteiger partial charge in [0.25, 0.3) is 0 Å². The van der Waals surface area contributed by atoms with E-state index in [9.17, 15) is 9.90 Å². The molecule has 33 heavy (non-hydrogen) atoms. The molecule has 3 aromatic rings. The topological polar surface area (TPSA) is 65.0 Å². The van der Waals surface area contributed by atoms with E-state index < -0.39 is 0 Å². The number of carbonyl (C=O) groups excluding carboxylic acids is 1. The van der Waals surface area contributed by atoms with Crippen molar-refractivity contribution in [3.05, 3.63) is 89.0 Å². The molecule has 0 fully saturated rings. The van der Waals surface area contributed by atoms with Crippen LogP contribution >= 0.6 is 0 Å². The molecule has 4 rings (SSSR count). The van der Waals surface area contributed by atoms with E-state index in [2.05, 4.69) is 37.3 Å². The van der Waals surface area contributed by atoms with E-state index in [0.29, 0.717) is 22.8 Å². The molecule has 3 aromatic carbocycles. The van der Waals surface area contributed by atoms with E-state index in [4.69, 9.17) is 14.2 Å². The molecule has 5 nitrogen and oxygen atoms in total. The summed E-state index contributed by atoms with van der Waals surface area (Å²) in [6, 6.07) is 18.9. The first-order valence-electron chi connectivity index (χ1n) is 10.9. The van der Waals surface area contributed by atoms with Crippen molar-refractivity contribution in [2.45, 2.75) is 19.3 Å². The molecule has 2 atom stereocenters. The molecule has 0 spiro atoms. The lowest BCUT2D eigenvalue weighted by atomic mass is 9.83. The molecular weight excluding hydrogens is 416 g/mol. The molecule has 0 heterocycles. The van der Waals surface area contributed by atoms with Gasteiger partial charge in [-0.05, 0) is 54.3 Å². The summed E-state index contributed by atoms with van der Waals surface area (Å²) in [5, 5.41) is 9.75. The molecule has 1 aliphatic rings. The van der Waals surface area contributed by atoms with Gasteiger partial charge in [0.05, 0.1) is 21.3 Å². The van der Waals surface area contributed by atoms with Gasteiger partial charge in [0.2, 0.25) is 5.75 Å². The van der Waals surface area contributed by atoms with E-state index in [1.165, 1.54) is 26.9 Å². The highest BCUT2D eigenvalue weighted by Gasteiger charge is 2.35. The van der Waals surface area contributed by atoms with E-state index >= 15 is 0 Å². The minimum absolute atomic E-state index is 0.0190. The first-order chi connectivity index (χ1) is 15.9. The van der Waals surface area contributed by atoms with Crippen LogP contribution in [0, 0.1) is 12.8 Å². The zero-order valence-corrected chi connectivity index (χ0v) is 19.3.